The number of rotatable bonds is 5. The van der Waals surface area contributed by atoms with Gasteiger partial charge in [-0.25, -0.2) is 22.9 Å². The van der Waals surface area contributed by atoms with Crippen molar-refractivity contribution in [2.75, 3.05) is 27.7 Å². The van der Waals surface area contributed by atoms with Gasteiger partial charge in [-0.1, -0.05) is 0 Å². The van der Waals surface area contributed by atoms with E-state index in [0.717, 1.165) is 4.90 Å². The van der Waals surface area contributed by atoms with E-state index in [0.29, 0.717) is 16.7 Å². The lowest BCUT2D eigenvalue weighted by molar-refractivity contribution is -0.148. The van der Waals surface area contributed by atoms with Crippen LogP contribution in [0.5, 0.6) is 0 Å². The number of amides is 1. The molecular weight excluding hydrogens is 484 g/mol. The maximum Gasteiger partial charge on any atom is 0.449 e. The number of hydrogen-bond donors (Lipinski definition) is 2. The number of alkyl halides is 3. The Labute approximate surface area is 196 Å². The van der Waals surface area contributed by atoms with Crippen LogP contribution in [0, 0.1) is 17.5 Å². The molecule has 35 heavy (non-hydrogen) atoms. The molecule has 194 valence electrons. The fraction of sp³-hybridized carbons (Fsp3) is 0.476. The summed E-state index contributed by atoms with van der Waals surface area (Å²) >= 11 is 0. The lowest BCUT2D eigenvalue weighted by atomic mass is 10.0. The molecule has 8 nitrogen and oxygen atoms in total. The van der Waals surface area contributed by atoms with Gasteiger partial charge in [0.1, 0.15) is 5.82 Å². The summed E-state index contributed by atoms with van der Waals surface area (Å²) < 4.78 is 80.1. The van der Waals surface area contributed by atoms with E-state index in [1.165, 1.54) is 0 Å². The summed E-state index contributed by atoms with van der Waals surface area (Å²) in [5.41, 5.74) is 4.49. The first-order chi connectivity index (χ1) is 16.1. The highest BCUT2D eigenvalue weighted by molar-refractivity contribution is 5.87. The third kappa shape index (κ3) is 7.18. The van der Waals surface area contributed by atoms with Crippen LogP contribution in [-0.2, 0) is 30.5 Å². The van der Waals surface area contributed by atoms with Crippen molar-refractivity contribution in [2.24, 2.45) is 5.73 Å². The van der Waals surface area contributed by atoms with Crippen LogP contribution in [0.15, 0.2) is 12.1 Å². The summed E-state index contributed by atoms with van der Waals surface area (Å²) in [4.78, 5) is 30.1. The van der Waals surface area contributed by atoms with Crippen LogP contribution in [-0.4, -0.2) is 70.1 Å². The van der Waals surface area contributed by atoms with Gasteiger partial charge in [0, 0.05) is 31.6 Å². The number of nitrogens with two attached hydrogens (primary N) is 1. The van der Waals surface area contributed by atoms with Crippen molar-refractivity contribution >= 4 is 11.9 Å². The number of carbonyl (C=O) groups is 2. The number of aromatic nitrogens is 2. The Morgan fingerprint density at radius 3 is 2.23 bits per heavy atom. The number of carbonyl (C=O) groups excluding carboxylic acids is 1. The van der Waals surface area contributed by atoms with E-state index in [1.54, 1.807) is 0 Å². The molecule has 1 amide bonds. The SMILES string of the molecule is CN(C)C.N[C@@H](CC(=O)N1CCn2c(C(F)(F)F)nc(C(=O)O)c2C1)Cc1cc(F)c(F)cc1F. The molecule has 1 atom stereocenters. The molecule has 3 rings (SSSR count). The molecule has 1 aliphatic rings. The summed E-state index contributed by atoms with van der Waals surface area (Å²) in [7, 11) is 6.00. The minimum absolute atomic E-state index is 0.156. The van der Waals surface area contributed by atoms with Crippen molar-refractivity contribution in [3.8, 4) is 0 Å². The Bertz CT molecular complexity index is 1080. The molecule has 2 aromatic rings. The van der Waals surface area contributed by atoms with E-state index >= 15 is 0 Å². The monoisotopic (exact) mass is 509 g/mol. The molecule has 0 spiro atoms. The number of aromatic carboxylic acids is 1. The normalized spacial score (nSPS) is 14.3. The third-order valence-electron chi connectivity index (χ3n) is 4.82. The highest BCUT2D eigenvalue weighted by Crippen LogP contribution is 2.32. The van der Waals surface area contributed by atoms with Crippen molar-refractivity contribution in [1.29, 1.82) is 0 Å². The zero-order valence-corrected chi connectivity index (χ0v) is 19.2. The maximum atomic E-state index is 13.8. The van der Waals surface area contributed by atoms with Gasteiger partial charge < -0.3 is 25.2 Å². The van der Waals surface area contributed by atoms with Gasteiger partial charge in [0.15, 0.2) is 17.3 Å². The first kappa shape index (κ1) is 28.1. The number of benzene rings is 1. The molecule has 14 heteroatoms. The summed E-state index contributed by atoms with van der Waals surface area (Å²) in [6.45, 7) is -0.921. The second-order valence-corrected chi connectivity index (χ2v) is 8.37. The van der Waals surface area contributed by atoms with Crippen LogP contribution in [0.1, 0.15) is 34.0 Å². The molecule has 0 saturated carbocycles. The fourth-order valence-corrected chi connectivity index (χ4v) is 3.40. The standard InChI is InChI=1S/C18H16F6N4O3.C3H9N/c19-10-6-12(21)11(20)4-8(10)3-9(25)5-14(29)27-1-2-28-13(7-27)15(16(30)31)26-17(28)18(22,23)24;1-4(2)3/h4,6,9H,1-3,5,7,25H2,(H,30,31);1-3H3/t9-;/m1./s1. The van der Waals surface area contributed by atoms with Crippen LogP contribution in [0.3, 0.4) is 0 Å². The zero-order valence-electron chi connectivity index (χ0n) is 19.2. The number of fused-ring (bicyclic) bond motifs is 1. The summed E-state index contributed by atoms with van der Waals surface area (Å²) in [6, 6.07) is -0.00786. The predicted octanol–water partition coefficient (Wildman–Crippen LogP) is 2.50. The Morgan fingerprint density at radius 2 is 1.69 bits per heavy atom. The maximum absolute atomic E-state index is 13.8. The Kier molecular flexibility index (Phi) is 8.89. The predicted molar refractivity (Wildman–Crippen MR) is 112 cm³/mol. The second-order valence-electron chi connectivity index (χ2n) is 8.37. The first-order valence-electron chi connectivity index (χ1n) is 10.3. The van der Waals surface area contributed by atoms with Crippen LogP contribution in [0.2, 0.25) is 0 Å². The van der Waals surface area contributed by atoms with Crippen molar-refractivity contribution in [3.05, 3.63) is 52.4 Å². The smallest absolute Gasteiger partial charge is 0.449 e. The van der Waals surface area contributed by atoms with Crippen LogP contribution >= 0.6 is 0 Å². The quantitative estimate of drug-likeness (QED) is 0.474. The Morgan fingerprint density at radius 1 is 1.11 bits per heavy atom. The molecule has 1 aromatic carbocycles. The van der Waals surface area contributed by atoms with Crippen LogP contribution < -0.4 is 5.73 Å². The van der Waals surface area contributed by atoms with Gasteiger partial charge in [-0.15, -0.1) is 0 Å². The average Bonchev–Trinajstić information content (AvgIpc) is 3.11. The number of carboxylic acids is 1. The summed E-state index contributed by atoms with van der Waals surface area (Å²) in [6.07, 6.45) is -5.54. The number of imidazole rings is 1. The van der Waals surface area contributed by atoms with Crippen molar-refractivity contribution in [2.45, 2.75) is 38.1 Å². The fourth-order valence-electron chi connectivity index (χ4n) is 3.40. The molecule has 0 fully saturated rings. The van der Waals surface area contributed by atoms with E-state index in [4.69, 9.17) is 10.8 Å². The van der Waals surface area contributed by atoms with Gasteiger partial charge >= 0.3 is 12.1 Å². The zero-order chi connectivity index (χ0) is 26.7. The van der Waals surface area contributed by atoms with E-state index < -0.39 is 59.6 Å². The Balaban J connectivity index is 0.00000100. The van der Waals surface area contributed by atoms with Gasteiger partial charge in [0.2, 0.25) is 11.7 Å². The van der Waals surface area contributed by atoms with Crippen molar-refractivity contribution < 1.29 is 41.0 Å². The van der Waals surface area contributed by atoms with Crippen molar-refractivity contribution in [1.82, 2.24) is 19.4 Å². The van der Waals surface area contributed by atoms with Crippen molar-refractivity contribution in [3.63, 3.8) is 0 Å². The highest BCUT2D eigenvalue weighted by atomic mass is 19.4. The van der Waals surface area contributed by atoms with Gasteiger partial charge in [-0.3, -0.25) is 4.79 Å². The van der Waals surface area contributed by atoms with E-state index in [2.05, 4.69) is 4.98 Å². The summed E-state index contributed by atoms with van der Waals surface area (Å²) in [5, 5.41) is 9.16. The number of nitrogens with zero attached hydrogens (tertiary/aromatic N) is 4. The topological polar surface area (TPSA) is 105 Å². The molecule has 1 aromatic heterocycles. The first-order valence-corrected chi connectivity index (χ1v) is 10.3. The summed E-state index contributed by atoms with van der Waals surface area (Å²) in [5.74, 6) is -7.33. The largest absolute Gasteiger partial charge is 0.476 e. The molecule has 0 unspecified atom stereocenters. The third-order valence-corrected chi connectivity index (χ3v) is 4.82. The minimum Gasteiger partial charge on any atom is -0.476 e. The highest BCUT2D eigenvalue weighted by Gasteiger charge is 2.41. The van der Waals surface area contributed by atoms with Gasteiger partial charge in [0.05, 0.1) is 12.2 Å². The molecule has 2 heterocycles. The average molecular weight is 509 g/mol. The lowest BCUT2D eigenvalue weighted by Crippen LogP contribution is -2.42. The van der Waals surface area contributed by atoms with Crippen LogP contribution in [0.4, 0.5) is 26.3 Å². The number of hydrogen-bond acceptors (Lipinski definition) is 5. The van der Waals surface area contributed by atoms with Gasteiger partial charge in [-0.05, 0) is 39.2 Å². The Hall–Kier alpha value is -3.13. The van der Waals surface area contributed by atoms with Gasteiger partial charge in [0.25, 0.3) is 0 Å². The lowest BCUT2D eigenvalue weighted by Gasteiger charge is -2.30. The number of halogens is 6. The molecule has 0 saturated heterocycles. The van der Waals surface area contributed by atoms with E-state index in [9.17, 15) is 35.9 Å². The van der Waals surface area contributed by atoms with Crippen LogP contribution in [0.25, 0.3) is 0 Å². The van der Waals surface area contributed by atoms with E-state index in [-0.39, 0.29) is 37.2 Å². The second kappa shape index (κ2) is 11.1. The van der Waals surface area contributed by atoms with E-state index in [1.807, 2.05) is 26.0 Å². The minimum atomic E-state index is -4.87. The molecule has 0 radical (unpaired) electrons. The molecule has 1 aliphatic heterocycles. The van der Waals surface area contributed by atoms with Gasteiger partial charge in [-0.2, -0.15) is 13.2 Å². The molecular formula is C21H25F6N5O3. The number of carboxylic acid groups (broad SMARTS) is 1. The molecule has 3 N–H and O–H groups in total. The molecule has 0 aliphatic carbocycles. The molecule has 0 bridgehead atoms.